The normalized spacial score (nSPS) is 50.3. The summed E-state index contributed by atoms with van der Waals surface area (Å²) in [5, 5.41) is 14.2. The molecule has 0 spiro atoms. The number of carbonyl (C=O) groups is 2. The average molecular weight is 360 g/mol. The third kappa shape index (κ3) is 2.30. The molecule has 3 saturated carbocycles. The minimum absolute atomic E-state index is 0.0149. The van der Waals surface area contributed by atoms with Crippen molar-refractivity contribution in [3.8, 4) is 0 Å². The topological polar surface area (TPSA) is 66.4 Å². The number of hydrogen-bond acceptors (Lipinski definition) is 3. The van der Waals surface area contributed by atoms with Crippen molar-refractivity contribution in [3.63, 3.8) is 0 Å². The highest BCUT2D eigenvalue weighted by molar-refractivity contribution is 5.91. The summed E-state index contributed by atoms with van der Waals surface area (Å²) in [7, 11) is 1.72. The quantitative estimate of drug-likeness (QED) is 0.756. The first-order valence-electron chi connectivity index (χ1n) is 10.4. The number of carbonyl (C=O) groups excluding carboxylic acids is 2. The van der Waals surface area contributed by atoms with Gasteiger partial charge in [0.2, 0.25) is 5.91 Å². The lowest BCUT2D eigenvalue weighted by atomic mass is 9.44. The molecular formula is C22H33NO3. The van der Waals surface area contributed by atoms with E-state index in [2.05, 4.69) is 26.1 Å². The molecule has 4 rings (SSSR count). The zero-order valence-corrected chi connectivity index (χ0v) is 16.5. The van der Waals surface area contributed by atoms with Crippen molar-refractivity contribution < 1.29 is 14.7 Å². The van der Waals surface area contributed by atoms with Crippen LogP contribution < -0.4 is 5.32 Å². The van der Waals surface area contributed by atoms with E-state index in [1.807, 2.05) is 6.08 Å². The Balaban J connectivity index is 1.74. The highest BCUT2D eigenvalue weighted by atomic mass is 16.3. The van der Waals surface area contributed by atoms with E-state index in [1.54, 1.807) is 7.05 Å². The van der Waals surface area contributed by atoms with Crippen LogP contribution in [0.5, 0.6) is 0 Å². The second-order valence-electron chi connectivity index (χ2n) is 9.94. The Hall–Kier alpha value is -1.16. The van der Waals surface area contributed by atoms with Gasteiger partial charge in [-0.15, -0.1) is 0 Å². The highest BCUT2D eigenvalue weighted by Crippen LogP contribution is 2.67. The molecule has 0 bridgehead atoms. The van der Waals surface area contributed by atoms with Gasteiger partial charge in [0.15, 0.2) is 5.78 Å². The van der Waals surface area contributed by atoms with E-state index in [9.17, 15) is 14.7 Å². The monoisotopic (exact) mass is 359 g/mol. The van der Waals surface area contributed by atoms with E-state index in [0.717, 1.165) is 25.7 Å². The Kier molecular flexibility index (Phi) is 4.15. The molecule has 3 fully saturated rings. The van der Waals surface area contributed by atoms with Crippen LogP contribution in [0, 0.1) is 40.4 Å². The lowest BCUT2D eigenvalue weighted by Crippen LogP contribution is -2.58. The van der Waals surface area contributed by atoms with E-state index in [4.69, 9.17) is 0 Å². The van der Waals surface area contributed by atoms with Crippen LogP contribution >= 0.6 is 0 Å². The molecule has 0 heterocycles. The number of fused-ring (bicyclic) bond motifs is 5. The number of nitrogens with one attached hydrogen (secondary N) is 1. The lowest BCUT2D eigenvalue weighted by Gasteiger charge is -2.61. The lowest BCUT2D eigenvalue weighted by molar-refractivity contribution is -0.148. The number of hydrogen-bond donors (Lipinski definition) is 2. The van der Waals surface area contributed by atoms with Crippen molar-refractivity contribution in [2.75, 3.05) is 7.05 Å². The van der Waals surface area contributed by atoms with Crippen molar-refractivity contribution in [2.45, 2.75) is 65.4 Å². The van der Waals surface area contributed by atoms with Crippen molar-refractivity contribution in [1.29, 1.82) is 0 Å². The van der Waals surface area contributed by atoms with Crippen LogP contribution in [-0.2, 0) is 9.59 Å². The van der Waals surface area contributed by atoms with Gasteiger partial charge in [-0.3, -0.25) is 9.59 Å². The van der Waals surface area contributed by atoms with Gasteiger partial charge in [0.05, 0.1) is 6.10 Å². The smallest absolute Gasteiger partial charge is 0.223 e. The molecule has 0 saturated heterocycles. The van der Waals surface area contributed by atoms with Gasteiger partial charge in [0.1, 0.15) is 0 Å². The summed E-state index contributed by atoms with van der Waals surface area (Å²) in [6.07, 6.45) is 6.74. The van der Waals surface area contributed by atoms with Crippen LogP contribution in [0.15, 0.2) is 11.6 Å². The zero-order valence-electron chi connectivity index (χ0n) is 16.5. The van der Waals surface area contributed by atoms with Gasteiger partial charge in [0, 0.05) is 19.4 Å². The number of ketones is 1. The highest BCUT2D eigenvalue weighted by Gasteiger charge is 2.63. The molecule has 8 atom stereocenters. The molecule has 4 heteroatoms. The molecule has 0 aromatic carbocycles. The van der Waals surface area contributed by atoms with E-state index < -0.39 is 0 Å². The van der Waals surface area contributed by atoms with Crippen molar-refractivity contribution in [1.82, 2.24) is 5.32 Å². The predicted molar refractivity (Wildman–Crippen MR) is 100 cm³/mol. The fraction of sp³-hybridized carbons (Fsp3) is 0.818. The first-order chi connectivity index (χ1) is 12.2. The maximum absolute atomic E-state index is 12.5. The maximum atomic E-state index is 12.5. The van der Waals surface area contributed by atoms with E-state index >= 15 is 0 Å². The first kappa shape index (κ1) is 18.2. The second kappa shape index (κ2) is 5.92. The van der Waals surface area contributed by atoms with Crippen molar-refractivity contribution in [3.05, 3.63) is 11.6 Å². The fourth-order valence-electron chi connectivity index (χ4n) is 7.72. The minimum atomic E-state index is -0.388. The third-order valence-corrected chi connectivity index (χ3v) is 8.77. The SMILES string of the molecule is CNC(=O)C1CCC2C3C[C@@H](C)C4=CC(=O)CCC4(C)C3[C@@H](O)CC12C. The van der Waals surface area contributed by atoms with Gasteiger partial charge in [-0.05, 0) is 72.7 Å². The molecule has 6 unspecified atom stereocenters. The van der Waals surface area contributed by atoms with Crippen LogP contribution in [-0.4, -0.2) is 29.9 Å². The van der Waals surface area contributed by atoms with Gasteiger partial charge in [-0.2, -0.15) is 0 Å². The molecule has 2 N–H and O–H groups in total. The molecule has 4 aliphatic carbocycles. The Bertz CT molecular complexity index is 670. The van der Waals surface area contributed by atoms with E-state index in [-0.39, 0.29) is 40.5 Å². The van der Waals surface area contributed by atoms with Gasteiger partial charge in [0.25, 0.3) is 0 Å². The standard InChI is InChI=1S/C22H33NO3/c1-12-9-14-15-5-6-16(20(26)23-4)22(15,3)11-18(25)19(14)21(2)8-7-13(24)10-17(12)21/h10,12,14-16,18-19,25H,5-9,11H2,1-4H3,(H,23,26)/t12-,14?,15?,16?,18+,19?,21?,22?/m1/s1. The third-order valence-electron chi connectivity index (χ3n) is 8.77. The van der Waals surface area contributed by atoms with E-state index in [0.29, 0.717) is 30.6 Å². The number of allylic oxidation sites excluding steroid dienone is 1. The summed E-state index contributed by atoms with van der Waals surface area (Å²) < 4.78 is 0. The van der Waals surface area contributed by atoms with E-state index in [1.165, 1.54) is 5.57 Å². The second-order valence-corrected chi connectivity index (χ2v) is 9.94. The molecule has 0 radical (unpaired) electrons. The van der Waals surface area contributed by atoms with Crippen LogP contribution in [0.1, 0.15) is 59.3 Å². The largest absolute Gasteiger partial charge is 0.393 e. The molecule has 4 aliphatic rings. The number of amides is 1. The predicted octanol–water partition coefficient (Wildman–Crippen LogP) is 3.10. The summed E-state index contributed by atoms with van der Waals surface area (Å²) in [6, 6.07) is 0. The summed E-state index contributed by atoms with van der Waals surface area (Å²) in [6.45, 7) is 6.78. The Morgan fingerprint density at radius 2 is 2.04 bits per heavy atom. The molecular weight excluding hydrogens is 326 g/mol. The molecule has 26 heavy (non-hydrogen) atoms. The minimum Gasteiger partial charge on any atom is -0.393 e. The van der Waals surface area contributed by atoms with Gasteiger partial charge < -0.3 is 10.4 Å². The summed E-state index contributed by atoms with van der Waals surface area (Å²) >= 11 is 0. The van der Waals surface area contributed by atoms with Crippen LogP contribution in [0.25, 0.3) is 0 Å². The van der Waals surface area contributed by atoms with Crippen LogP contribution in [0.2, 0.25) is 0 Å². The number of aliphatic hydroxyl groups excluding tert-OH is 1. The number of aliphatic hydroxyl groups is 1. The van der Waals surface area contributed by atoms with Gasteiger partial charge in [-0.25, -0.2) is 0 Å². The molecule has 144 valence electrons. The number of rotatable bonds is 1. The first-order valence-corrected chi connectivity index (χ1v) is 10.4. The maximum Gasteiger partial charge on any atom is 0.223 e. The summed E-state index contributed by atoms with van der Waals surface area (Å²) in [5.41, 5.74) is 1.10. The van der Waals surface area contributed by atoms with Gasteiger partial charge in [-0.1, -0.05) is 26.3 Å². The van der Waals surface area contributed by atoms with Crippen molar-refractivity contribution in [2.24, 2.45) is 40.4 Å². The average Bonchev–Trinajstić information content (AvgIpc) is 2.92. The molecule has 4 nitrogen and oxygen atoms in total. The summed E-state index contributed by atoms with van der Waals surface area (Å²) in [4.78, 5) is 24.5. The Morgan fingerprint density at radius 3 is 2.73 bits per heavy atom. The molecule has 0 aliphatic heterocycles. The molecule has 0 aromatic rings. The van der Waals surface area contributed by atoms with Crippen molar-refractivity contribution >= 4 is 11.7 Å². The Labute approximate surface area is 156 Å². The van der Waals surface area contributed by atoms with Gasteiger partial charge >= 0.3 is 0 Å². The zero-order chi connectivity index (χ0) is 18.9. The van der Waals surface area contributed by atoms with Crippen LogP contribution in [0.4, 0.5) is 0 Å². The Morgan fingerprint density at radius 1 is 1.31 bits per heavy atom. The summed E-state index contributed by atoms with van der Waals surface area (Å²) in [5.74, 6) is 1.96. The van der Waals surface area contributed by atoms with Crippen LogP contribution in [0.3, 0.4) is 0 Å². The molecule has 0 aromatic heterocycles. The molecule has 1 amide bonds. The fourth-order valence-corrected chi connectivity index (χ4v) is 7.72.